The quantitative estimate of drug-likeness (QED) is 0.877. The highest BCUT2D eigenvalue weighted by Crippen LogP contribution is 2.21. The van der Waals surface area contributed by atoms with Crippen molar-refractivity contribution in [3.63, 3.8) is 0 Å². The Labute approximate surface area is 101 Å². The Balaban J connectivity index is 1.79. The number of nitrogens with zero attached hydrogens (tertiary/aromatic N) is 1. The smallest absolute Gasteiger partial charge is 0.133 e. The van der Waals surface area contributed by atoms with E-state index in [1.54, 1.807) is 0 Å². The van der Waals surface area contributed by atoms with E-state index in [-0.39, 0.29) is 0 Å². The van der Waals surface area contributed by atoms with Crippen LogP contribution >= 0.6 is 0 Å². The molecule has 0 bridgehead atoms. The Bertz CT molecular complexity index is 501. The van der Waals surface area contributed by atoms with E-state index in [1.165, 1.54) is 17.2 Å². The molecule has 3 rings (SSSR count). The predicted octanol–water partition coefficient (Wildman–Crippen LogP) is 2.83. The third kappa shape index (κ3) is 2.24. The van der Waals surface area contributed by atoms with Gasteiger partial charge in [-0.15, -0.1) is 0 Å². The number of benzene rings is 1. The van der Waals surface area contributed by atoms with Gasteiger partial charge in [-0.05, 0) is 24.3 Å². The Morgan fingerprint density at radius 1 is 1.29 bits per heavy atom. The topological polar surface area (TPSA) is 34.1 Å². The third-order valence-electron chi connectivity index (χ3n) is 3.19. The zero-order valence-electron chi connectivity index (χ0n) is 9.73. The first kappa shape index (κ1) is 10.5. The lowest BCUT2D eigenvalue weighted by atomic mass is 10.1. The molecule has 1 fully saturated rings. The van der Waals surface area contributed by atoms with Crippen molar-refractivity contribution in [2.45, 2.75) is 18.9 Å². The molecule has 1 unspecified atom stereocenters. The fourth-order valence-corrected chi connectivity index (χ4v) is 2.28. The highest BCUT2D eigenvalue weighted by Gasteiger charge is 2.15. The Hall–Kier alpha value is -1.61. The van der Waals surface area contributed by atoms with Crippen LogP contribution in [-0.2, 0) is 4.74 Å². The van der Waals surface area contributed by atoms with E-state index in [1.807, 2.05) is 24.4 Å². The van der Waals surface area contributed by atoms with Crippen LogP contribution in [0.4, 0.5) is 5.82 Å². The summed E-state index contributed by atoms with van der Waals surface area (Å²) in [5.74, 6) is 0.957. The number of anilines is 1. The van der Waals surface area contributed by atoms with Crippen LogP contribution < -0.4 is 5.32 Å². The van der Waals surface area contributed by atoms with Gasteiger partial charge in [-0.2, -0.15) is 0 Å². The molecule has 2 heterocycles. The van der Waals surface area contributed by atoms with Gasteiger partial charge in [-0.25, -0.2) is 4.98 Å². The molecular weight excluding hydrogens is 212 g/mol. The maximum Gasteiger partial charge on any atom is 0.133 e. The summed E-state index contributed by atoms with van der Waals surface area (Å²) in [4.78, 5) is 4.40. The number of rotatable bonds is 3. The largest absolute Gasteiger partial charge is 0.376 e. The van der Waals surface area contributed by atoms with Crippen LogP contribution in [0.1, 0.15) is 12.8 Å². The normalized spacial score (nSPS) is 19.6. The summed E-state index contributed by atoms with van der Waals surface area (Å²) < 4.78 is 5.60. The van der Waals surface area contributed by atoms with Gasteiger partial charge >= 0.3 is 0 Å². The van der Waals surface area contributed by atoms with Crippen molar-refractivity contribution < 1.29 is 4.74 Å². The summed E-state index contributed by atoms with van der Waals surface area (Å²) in [7, 11) is 0. The van der Waals surface area contributed by atoms with Gasteiger partial charge in [0.2, 0.25) is 0 Å². The summed E-state index contributed by atoms with van der Waals surface area (Å²) >= 11 is 0. The molecule has 1 N–H and O–H groups in total. The lowest BCUT2D eigenvalue weighted by Crippen LogP contribution is -2.19. The summed E-state index contributed by atoms with van der Waals surface area (Å²) in [6, 6.07) is 10.3. The second-order valence-corrected chi connectivity index (χ2v) is 4.40. The summed E-state index contributed by atoms with van der Waals surface area (Å²) in [6.07, 6.45) is 4.52. The van der Waals surface area contributed by atoms with E-state index in [9.17, 15) is 0 Å². The van der Waals surface area contributed by atoms with Crippen molar-refractivity contribution >= 4 is 16.6 Å². The number of hydrogen-bond donors (Lipinski definition) is 1. The summed E-state index contributed by atoms with van der Waals surface area (Å²) in [6.45, 7) is 1.75. The molecule has 1 atom stereocenters. The minimum Gasteiger partial charge on any atom is -0.376 e. The van der Waals surface area contributed by atoms with Crippen molar-refractivity contribution in [1.29, 1.82) is 0 Å². The number of fused-ring (bicyclic) bond motifs is 1. The summed E-state index contributed by atoms with van der Waals surface area (Å²) in [5, 5.41) is 5.79. The Morgan fingerprint density at radius 3 is 3.12 bits per heavy atom. The lowest BCUT2D eigenvalue weighted by Gasteiger charge is -2.12. The standard InChI is InChI=1S/C14H16N2O/c1-2-6-13-11(4-1)7-8-15-14(13)16-10-12-5-3-9-17-12/h1-2,4,6-8,12H,3,5,9-10H2,(H,15,16). The van der Waals surface area contributed by atoms with Crippen molar-refractivity contribution in [1.82, 2.24) is 4.98 Å². The molecule has 3 nitrogen and oxygen atoms in total. The second-order valence-electron chi connectivity index (χ2n) is 4.40. The van der Waals surface area contributed by atoms with Crippen LogP contribution in [-0.4, -0.2) is 24.2 Å². The second kappa shape index (κ2) is 4.72. The van der Waals surface area contributed by atoms with Gasteiger partial charge < -0.3 is 10.1 Å². The van der Waals surface area contributed by atoms with E-state index in [0.717, 1.165) is 25.4 Å². The summed E-state index contributed by atoms with van der Waals surface area (Å²) in [5.41, 5.74) is 0. The van der Waals surface area contributed by atoms with Gasteiger partial charge in [-0.3, -0.25) is 0 Å². The molecule has 88 valence electrons. The number of hydrogen-bond acceptors (Lipinski definition) is 3. The van der Waals surface area contributed by atoms with Crippen LogP contribution in [0.5, 0.6) is 0 Å². The lowest BCUT2D eigenvalue weighted by molar-refractivity contribution is 0.120. The number of nitrogens with one attached hydrogen (secondary N) is 1. The highest BCUT2D eigenvalue weighted by atomic mass is 16.5. The molecule has 1 aliphatic heterocycles. The fourth-order valence-electron chi connectivity index (χ4n) is 2.28. The fraction of sp³-hybridized carbons (Fsp3) is 0.357. The van der Waals surface area contributed by atoms with Gasteiger partial charge in [0.25, 0.3) is 0 Å². The first-order valence-corrected chi connectivity index (χ1v) is 6.13. The van der Waals surface area contributed by atoms with Crippen LogP contribution in [0, 0.1) is 0 Å². The maximum atomic E-state index is 5.60. The van der Waals surface area contributed by atoms with Gasteiger partial charge in [0.1, 0.15) is 5.82 Å². The zero-order chi connectivity index (χ0) is 11.5. The van der Waals surface area contributed by atoms with Gasteiger partial charge in [-0.1, -0.05) is 24.3 Å². The van der Waals surface area contributed by atoms with E-state index in [4.69, 9.17) is 4.74 Å². The minimum absolute atomic E-state index is 0.343. The molecule has 2 aromatic rings. The molecule has 1 aromatic carbocycles. The highest BCUT2D eigenvalue weighted by molar-refractivity contribution is 5.91. The van der Waals surface area contributed by atoms with Gasteiger partial charge in [0.05, 0.1) is 6.10 Å². The monoisotopic (exact) mass is 228 g/mol. The first-order valence-electron chi connectivity index (χ1n) is 6.13. The number of pyridine rings is 1. The Kier molecular flexibility index (Phi) is 2.92. The van der Waals surface area contributed by atoms with Gasteiger partial charge in [0.15, 0.2) is 0 Å². The van der Waals surface area contributed by atoms with Crippen molar-refractivity contribution in [3.8, 4) is 0 Å². The Morgan fingerprint density at radius 2 is 2.24 bits per heavy atom. The average Bonchev–Trinajstić information content (AvgIpc) is 2.89. The number of aromatic nitrogens is 1. The van der Waals surface area contributed by atoms with E-state index in [0.29, 0.717) is 6.10 Å². The van der Waals surface area contributed by atoms with E-state index in [2.05, 4.69) is 22.4 Å². The maximum absolute atomic E-state index is 5.60. The zero-order valence-corrected chi connectivity index (χ0v) is 9.73. The van der Waals surface area contributed by atoms with Crippen LogP contribution in [0.3, 0.4) is 0 Å². The SMILES string of the molecule is c1ccc2c(NCC3CCCO3)nccc2c1. The molecule has 0 aliphatic carbocycles. The third-order valence-corrected chi connectivity index (χ3v) is 3.19. The first-order chi connectivity index (χ1) is 8.43. The molecule has 0 radical (unpaired) electrons. The van der Waals surface area contributed by atoms with Crippen LogP contribution in [0.25, 0.3) is 10.8 Å². The molecule has 0 spiro atoms. The predicted molar refractivity (Wildman–Crippen MR) is 69.2 cm³/mol. The minimum atomic E-state index is 0.343. The molecule has 0 saturated carbocycles. The molecular formula is C14H16N2O. The molecule has 0 amide bonds. The van der Waals surface area contributed by atoms with Crippen molar-refractivity contribution in [3.05, 3.63) is 36.5 Å². The van der Waals surface area contributed by atoms with Crippen LogP contribution in [0.15, 0.2) is 36.5 Å². The molecule has 1 aliphatic rings. The van der Waals surface area contributed by atoms with Crippen molar-refractivity contribution in [2.75, 3.05) is 18.5 Å². The molecule has 1 aromatic heterocycles. The average molecular weight is 228 g/mol. The molecule has 3 heteroatoms. The number of ether oxygens (including phenoxy) is 1. The van der Waals surface area contributed by atoms with Crippen molar-refractivity contribution in [2.24, 2.45) is 0 Å². The van der Waals surface area contributed by atoms with E-state index < -0.39 is 0 Å². The van der Waals surface area contributed by atoms with Crippen LogP contribution in [0.2, 0.25) is 0 Å². The molecule has 1 saturated heterocycles. The van der Waals surface area contributed by atoms with E-state index >= 15 is 0 Å². The van der Waals surface area contributed by atoms with Gasteiger partial charge in [0, 0.05) is 24.7 Å². The molecule has 17 heavy (non-hydrogen) atoms.